The van der Waals surface area contributed by atoms with Crippen molar-refractivity contribution in [3.8, 4) is 28.4 Å². The number of hydrogen-bond donors (Lipinski definition) is 0. The zero-order valence-corrected chi connectivity index (χ0v) is 15.2. The molecule has 0 bridgehead atoms. The lowest BCUT2D eigenvalue weighted by Crippen LogP contribution is -2.03. The van der Waals surface area contributed by atoms with Gasteiger partial charge in [0.2, 0.25) is 0 Å². The van der Waals surface area contributed by atoms with E-state index in [0.29, 0.717) is 17.2 Å². The van der Waals surface area contributed by atoms with E-state index in [4.69, 9.17) is 14.2 Å². The van der Waals surface area contributed by atoms with Gasteiger partial charge < -0.3 is 14.2 Å². The first kappa shape index (κ1) is 18.3. The summed E-state index contributed by atoms with van der Waals surface area (Å²) in [5.41, 5.74) is 2.99. The number of hydrogen-bond acceptors (Lipinski definition) is 4. The molecule has 27 heavy (non-hydrogen) atoms. The van der Waals surface area contributed by atoms with Gasteiger partial charge in [-0.15, -0.1) is 0 Å². The highest BCUT2D eigenvalue weighted by molar-refractivity contribution is 5.89. The molecule has 4 heteroatoms. The van der Waals surface area contributed by atoms with Gasteiger partial charge in [0.15, 0.2) is 11.5 Å². The van der Waals surface area contributed by atoms with Crippen molar-refractivity contribution in [2.45, 2.75) is 0 Å². The van der Waals surface area contributed by atoms with E-state index in [9.17, 15) is 4.79 Å². The van der Waals surface area contributed by atoms with Crippen molar-refractivity contribution in [3.05, 3.63) is 84.4 Å². The van der Waals surface area contributed by atoms with Crippen LogP contribution in [-0.4, -0.2) is 20.2 Å². The van der Waals surface area contributed by atoms with Crippen molar-refractivity contribution in [2.24, 2.45) is 0 Å². The molecule has 0 aliphatic rings. The molecule has 0 aliphatic carbocycles. The number of rotatable bonds is 6. The zero-order chi connectivity index (χ0) is 19.1. The molecular formula is C23H20O4. The lowest BCUT2D eigenvalue weighted by Gasteiger charge is -2.07. The van der Waals surface area contributed by atoms with Gasteiger partial charge in [-0.2, -0.15) is 0 Å². The van der Waals surface area contributed by atoms with E-state index in [-0.39, 0.29) is 0 Å². The van der Waals surface area contributed by atoms with Gasteiger partial charge in [0.05, 0.1) is 14.2 Å². The minimum absolute atomic E-state index is 0.447. The van der Waals surface area contributed by atoms with E-state index in [1.807, 2.05) is 48.5 Å². The fourth-order valence-corrected chi connectivity index (χ4v) is 2.62. The van der Waals surface area contributed by atoms with Crippen molar-refractivity contribution >= 4 is 12.0 Å². The molecule has 4 nitrogen and oxygen atoms in total. The summed E-state index contributed by atoms with van der Waals surface area (Å²) in [4.78, 5) is 12.1. The largest absolute Gasteiger partial charge is 0.493 e. The minimum atomic E-state index is -0.447. The van der Waals surface area contributed by atoms with Gasteiger partial charge in [-0.3, -0.25) is 0 Å². The fraction of sp³-hybridized carbons (Fsp3) is 0.0870. The predicted octanol–water partition coefficient (Wildman–Crippen LogP) is 4.99. The number of methoxy groups -OCH3 is 2. The molecule has 0 radical (unpaired) electrons. The first-order valence-corrected chi connectivity index (χ1v) is 8.47. The molecule has 136 valence electrons. The number of ether oxygens (including phenoxy) is 3. The quantitative estimate of drug-likeness (QED) is 0.353. The monoisotopic (exact) mass is 360 g/mol. The summed E-state index contributed by atoms with van der Waals surface area (Å²) >= 11 is 0. The van der Waals surface area contributed by atoms with Gasteiger partial charge in [0.1, 0.15) is 5.75 Å². The van der Waals surface area contributed by atoms with Crippen LogP contribution in [0.2, 0.25) is 0 Å². The standard InChI is InChI=1S/C23H20O4/c1-25-21-14-8-17(16-22(21)26-2)9-15-23(24)27-20-12-10-19(11-13-20)18-6-4-3-5-7-18/h3-16H,1-2H3/b15-9+. The molecule has 0 spiro atoms. The summed E-state index contributed by atoms with van der Waals surface area (Å²) in [5, 5.41) is 0. The first-order chi connectivity index (χ1) is 13.2. The highest BCUT2D eigenvalue weighted by atomic mass is 16.5. The second-order valence-corrected chi connectivity index (χ2v) is 5.76. The third-order valence-corrected chi connectivity index (χ3v) is 4.00. The van der Waals surface area contributed by atoms with E-state index in [1.54, 1.807) is 44.6 Å². The number of carbonyl (C=O) groups is 1. The normalized spacial score (nSPS) is 10.6. The average molecular weight is 360 g/mol. The van der Waals surface area contributed by atoms with Gasteiger partial charge in [-0.05, 0) is 47.0 Å². The summed E-state index contributed by atoms with van der Waals surface area (Å²) < 4.78 is 15.8. The van der Waals surface area contributed by atoms with Crippen LogP contribution in [0.5, 0.6) is 17.2 Å². The van der Waals surface area contributed by atoms with Crippen LogP contribution >= 0.6 is 0 Å². The molecule has 0 heterocycles. The Hall–Kier alpha value is -3.53. The summed E-state index contributed by atoms with van der Waals surface area (Å²) in [5.74, 6) is 1.29. The van der Waals surface area contributed by atoms with Gasteiger partial charge >= 0.3 is 5.97 Å². The molecule has 0 atom stereocenters. The SMILES string of the molecule is COc1ccc(/C=C/C(=O)Oc2ccc(-c3ccccc3)cc2)cc1OC. The molecule has 0 amide bonds. The van der Waals surface area contributed by atoms with Gasteiger partial charge in [0, 0.05) is 6.08 Å². The van der Waals surface area contributed by atoms with Crippen molar-refractivity contribution in [1.82, 2.24) is 0 Å². The third kappa shape index (κ3) is 4.76. The van der Waals surface area contributed by atoms with Crippen LogP contribution in [0.15, 0.2) is 78.9 Å². The minimum Gasteiger partial charge on any atom is -0.493 e. The Balaban J connectivity index is 1.64. The van der Waals surface area contributed by atoms with Crippen molar-refractivity contribution in [3.63, 3.8) is 0 Å². The van der Waals surface area contributed by atoms with Crippen LogP contribution in [0.25, 0.3) is 17.2 Å². The lowest BCUT2D eigenvalue weighted by molar-refractivity contribution is -0.128. The smallest absolute Gasteiger partial charge is 0.336 e. The van der Waals surface area contributed by atoms with Crippen molar-refractivity contribution in [1.29, 1.82) is 0 Å². The highest BCUT2D eigenvalue weighted by Gasteiger charge is 2.05. The summed E-state index contributed by atoms with van der Waals surface area (Å²) in [6, 6.07) is 22.8. The molecule has 0 saturated carbocycles. The zero-order valence-electron chi connectivity index (χ0n) is 15.2. The maximum atomic E-state index is 12.1. The maximum Gasteiger partial charge on any atom is 0.336 e. The summed E-state index contributed by atoms with van der Waals surface area (Å²) in [6.07, 6.45) is 3.05. The van der Waals surface area contributed by atoms with Crippen LogP contribution in [0.4, 0.5) is 0 Å². The Morgan fingerprint density at radius 2 is 1.44 bits per heavy atom. The molecular weight excluding hydrogens is 340 g/mol. The van der Waals surface area contributed by atoms with Gasteiger partial charge in [-0.25, -0.2) is 4.79 Å². The Morgan fingerprint density at radius 3 is 2.11 bits per heavy atom. The maximum absolute atomic E-state index is 12.1. The molecule has 0 N–H and O–H groups in total. The van der Waals surface area contributed by atoms with Crippen molar-refractivity contribution < 1.29 is 19.0 Å². The molecule has 0 aromatic heterocycles. The van der Waals surface area contributed by atoms with Gasteiger partial charge in [0.25, 0.3) is 0 Å². The van der Waals surface area contributed by atoms with Crippen LogP contribution < -0.4 is 14.2 Å². The fourth-order valence-electron chi connectivity index (χ4n) is 2.62. The molecule has 0 fully saturated rings. The number of carbonyl (C=O) groups excluding carboxylic acids is 1. The molecule has 0 unspecified atom stereocenters. The third-order valence-electron chi connectivity index (χ3n) is 4.00. The van der Waals surface area contributed by atoms with E-state index in [0.717, 1.165) is 16.7 Å². The van der Waals surface area contributed by atoms with E-state index >= 15 is 0 Å². The van der Waals surface area contributed by atoms with Crippen LogP contribution in [0.1, 0.15) is 5.56 Å². The Labute approximate surface area is 158 Å². The first-order valence-electron chi connectivity index (χ1n) is 8.47. The van der Waals surface area contributed by atoms with Crippen LogP contribution in [-0.2, 0) is 4.79 Å². The topological polar surface area (TPSA) is 44.8 Å². The molecule has 3 aromatic rings. The molecule has 0 saturated heterocycles. The summed E-state index contributed by atoms with van der Waals surface area (Å²) in [6.45, 7) is 0. The Morgan fingerprint density at radius 1 is 0.778 bits per heavy atom. The molecule has 3 rings (SSSR count). The molecule has 3 aromatic carbocycles. The lowest BCUT2D eigenvalue weighted by atomic mass is 10.1. The number of benzene rings is 3. The Bertz CT molecular complexity index is 928. The van der Waals surface area contributed by atoms with E-state index in [1.165, 1.54) is 6.08 Å². The van der Waals surface area contributed by atoms with E-state index in [2.05, 4.69) is 0 Å². The molecule has 0 aliphatic heterocycles. The number of esters is 1. The second kappa shape index (κ2) is 8.72. The summed E-state index contributed by atoms with van der Waals surface area (Å²) in [7, 11) is 3.15. The van der Waals surface area contributed by atoms with E-state index < -0.39 is 5.97 Å². The highest BCUT2D eigenvalue weighted by Crippen LogP contribution is 2.28. The van der Waals surface area contributed by atoms with Crippen LogP contribution in [0.3, 0.4) is 0 Å². The van der Waals surface area contributed by atoms with Crippen LogP contribution in [0, 0.1) is 0 Å². The Kier molecular flexibility index (Phi) is 5.90. The second-order valence-electron chi connectivity index (χ2n) is 5.76. The average Bonchev–Trinajstić information content (AvgIpc) is 2.73. The van der Waals surface area contributed by atoms with Gasteiger partial charge in [-0.1, -0.05) is 48.5 Å². The van der Waals surface area contributed by atoms with Crippen molar-refractivity contribution in [2.75, 3.05) is 14.2 Å². The predicted molar refractivity (Wildman–Crippen MR) is 106 cm³/mol.